The van der Waals surface area contributed by atoms with Gasteiger partial charge in [-0.2, -0.15) is 0 Å². The van der Waals surface area contributed by atoms with Gasteiger partial charge in [0, 0.05) is 19.1 Å². The van der Waals surface area contributed by atoms with Crippen molar-refractivity contribution in [3.8, 4) is 0 Å². The molecule has 100 valence electrons. The summed E-state index contributed by atoms with van der Waals surface area (Å²) < 4.78 is 0. The van der Waals surface area contributed by atoms with Crippen molar-refractivity contribution in [3.05, 3.63) is 0 Å². The predicted octanol–water partition coefficient (Wildman–Crippen LogP) is -0.240. The molecule has 1 unspecified atom stereocenters. The minimum atomic E-state index is -0.490. The maximum absolute atomic E-state index is 11.6. The molecule has 0 aliphatic rings. The molecule has 0 radical (unpaired) electrons. The Morgan fingerprint density at radius 3 is 2.24 bits per heavy atom. The number of carbonyl (C=O) groups excluding carboxylic acids is 2. The molecule has 0 rings (SSSR count). The summed E-state index contributed by atoms with van der Waals surface area (Å²) in [4.78, 5) is 24.6. The Morgan fingerprint density at radius 2 is 1.82 bits per heavy atom. The number of imide groups is 1. The van der Waals surface area contributed by atoms with Gasteiger partial charge in [-0.05, 0) is 34.9 Å². The summed E-state index contributed by atoms with van der Waals surface area (Å²) in [5.74, 6) is -0.334. The Labute approximate surface area is 103 Å². The molecule has 0 fully saturated rings. The molecule has 0 aromatic rings. The van der Waals surface area contributed by atoms with Crippen LogP contribution in [0.3, 0.4) is 0 Å². The van der Waals surface area contributed by atoms with Crippen molar-refractivity contribution in [1.82, 2.24) is 20.9 Å². The van der Waals surface area contributed by atoms with E-state index in [0.29, 0.717) is 6.54 Å². The van der Waals surface area contributed by atoms with E-state index < -0.39 is 12.1 Å². The highest BCUT2D eigenvalue weighted by Gasteiger charge is 2.23. The van der Waals surface area contributed by atoms with Crippen LogP contribution >= 0.6 is 0 Å². The van der Waals surface area contributed by atoms with Crippen molar-refractivity contribution in [2.45, 2.75) is 32.4 Å². The summed E-state index contributed by atoms with van der Waals surface area (Å²) in [5.41, 5.74) is -0.0540. The van der Waals surface area contributed by atoms with Crippen molar-refractivity contribution < 1.29 is 9.59 Å². The van der Waals surface area contributed by atoms with Gasteiger partial charge in [0.25, 0.3) is 0 Å². The van der Waals surface area contributed by atoms with E-state index in [0.717, 1.165) is 0 Å². The second-order valence-electron chi connectivity index (χ2n) is 4.88. The van der Waals surface area contributed by atoms with Gasteiger partial charge < -0.3 is 15.5 Å². The first-order valence-corrected chi connectivity index (χ1v) is 5.64. The number of carbonyl (C=O) groups is 2. The van der Waals surface area contributed by atoms with Crippen LogP contribution in [0, 0.1) is 0 Å². The van der Waals surface area contributed by atoms with Crippen LogP contribution in [-0.4, -0.2) is 56.1 Å². The van der Waals surface area contributed by atoms with Crippen LogP contribution in [0.25, 0.3) is 0 Å². The molecule has 0 heterocycles. The number of hydrogen-bond acceptors (Lipinski definition) is 4. The van der Waals surface area contributed by atoms with Crippen LogP contribution in [0.15, 0.2) is 0 Å². The molecule has 0 aromatic heterocycles. The second-order valence-corrected chi connectivity index (χ2v) is 4.88. The van der Waals surface area contributed by atoms with Gasteiger partial charge in [-0.1, -0.05) is 0 Å². The number of urea groups is 1. The first kappa shape index (κ1) is 15.9. The highest BCUT2D eigenvalue weighted by atomic mass is 16.2. The summed E-state index contributed by atoms with van der Waals surface area (Å²) >= 11 is 0. The third kappa shape index (κ3) is 5.65. The number of rotatable bonds is 5. The van der Waals surface area contributed by atoms with Crippen molar-refractivity contribution in [2.75, 3.05) is 27.7 Å². The highest BCUT2D eigenvalue weighted by molar-refractivity contribution is 5.96. The highest BCUT2D eigenvalue weighted by Crippen LogP contribution is 2.07. The Balaban J connectivity index is 4.14. The van der Waals surface area contributed by atoms with Crippen molar-refractivity contribution >= 4 is 11.9 Å². The van der Waals surface area contributed by atoms with Crippen LogP contribution in [0.2, 0.25) is 0 Å². The van der Waals surface area contributed by atoms with E-state index in [9.17, 15) is 9.59 Å². The van der Waals surface area contributed by atoms with Crippen molar-refractivity contribution in [3.63, 3.8) is 0 Å². The molecule has 1 atom stereocenters. The lowest BCUT2D eigenvalue weighted by Crippen LogP contribution is -2.53. The smallest absolute Gasteiger partial charge is 0.321 e. The van der Waals surface area contributed by atoms with Gasteiger partial charge in [0.2, 0.25) is 5.91 Å². The monoisotopic (exact) mass is 244 g/mol. The first-order valence-electron chi connectivity index (χ1n) is 5.64. The lowest BCUT2D eigenvalue weighted by Gasteiger charge is -2.33. The van der Waals surface area contributed by atoms with E-state index in [1.165, 1.54) is 7.05 Å². The molecule has 0 spiro atoms. The standard InChI is InChI=1S/C11H24N4O2/c1-8(9(16)14-10(17)12-4)13-7-11(2,3)15(5)6/h8,13H,7H2,1-6H3,(H2,12,14,16,17). The van der Waals surface area contributed by atoms with E-state index in [-0.39, 0.29) is 11.4 Å². The Morgan fingerprint density at radius 1 is 1.29 bits per heavy atom. The molecule has 0 aromatic carbocycles. The van der Waals surface area contributed by atoms with E-state index in [2.05, 4.69) is 34.7 Å². The SMILES string of the molecule is CNC(=O)NC(=O)C(C)NCC(C)(C)N(C)C. The maximum Gasteiger partial charge on any atom is 0.321 e. The normalized spacial score (nSPS) is 13.4. The number of nitrogens with one attached hydrogen (secondary N) is 3. The molecule has 6 nitrogen and oxygen atoms in total. The predicted molar refractivity (Wildman–Crippen MR) is 67.8 cm³/mol. The minimum absolute atomic E-state index is 0.0540. The molecular formula is C11H24N4O2. The van der Waals surface area contributed by atoms with E-state index in [4.69, 9.17) is 0 Å². The number of hydrogen-bond donors (Lipinski definition) is 3. The van der Waals surface area contributed by atoms with Crippen LogP contribution in [0.1, 0.15) is 20.8 Å². The summed E-state index contributed by atoms with van der Waals surface area (Å²) in [5, 5.41) is 7.66. The van der Waals surface area contributed by atoms with Gasteiger partial charge in [-0.25, -0.2) is 4.79 Å². The average Bonchev–Trinajstić information content (AvgIpc) is 2.25. The molecule has 6 heteroatoms. The molecule has 17 heavy (non-hydrogen) atoms. The van der Waals surface area contributed by atoms with Crippen LogP contribution in [0.5, 0.6) is 0 Å². The summed E-state index contributed by atoms with van der Waals surface area (Å²) in [6.45, 7) is 6.53. The van der Waals surface area contributed by atoms with Gasteiger partial charge in [0.1, 0.15) is 0 Å². The molecule has 0 saturated heterocycles. The summed E-state index contributed by atoms with van der Waals surface area (Å²) in [6.07, 6.45) is 0. The topological polar surface area (TPSA) is 73.5 Å². The molecule has 0 saturated carbocycles. The Kier molecular flexibility index (Phi) is 6.12. The fourth-order valence-corrected chi connectivity index (χ4v) is 0.936. The Bertz CT molecular complexity index is 277. The zero-order valence-electron chi connectivity index (χ0n) is 11.5. The minimum Gasteiger partial charge on any atom is -0.341 e. The zero-order chi connectivity index (χ0) is 13.6. The molecule has 0 bridgehead atoms. The maximum atomic E-state index is 11.6. The lowest BCUT2D eigenvalue weighted by atomic mass is 10.0. The van der Waals surface area contributed by atoms with Gasteiger partial charge in [-0.3, -0.25) is 10.1 Å². The fraction of sp³-hybridized carbons (Fsp3) is 0.818. The molecule has 0 aliphatic heterocycles. The Hall–Kier alpha value is -1.14. The van der Waals surface area contributed by atoms with Crippen LogP contribution < -0.4 is 16.0 Å². The zero-order valence-corrected chi connectivity index (χ0v) is 11.5. The van der Waals surface area contributed by atoms with Crippen molar-refractivity contribution in [1.29, 1.82) is 0 Å². The van der Waals surface area contributed by atoms with Gasteiger partial charge in [0.05, 0.1) is 6.04 Å². The third-order valence-electron chi connectivity index (χ3n) is 2.91. The summed E-state index contributed by atoms with van der Waals surface area (Å²) in [7, 11) is 5.43. The van der Waals surface area contributed by atoms with Crippen molar-refractivity contribution in [2.24, 2.45) is 0 Å². The molecule has 3 amide bonds. The average molecular weight is 244 g/mol. The van der Waals surface area contributed by atoms with Crippen LogP contribution in [-0.2, 0) is 4.79 Å². The first-order chi connectivity index (χ1) is 7.70. The third-order valence-corrected chi connectivity index (χ3v) is 2.91. The van der Waals surface area contributed by atoms with E-state index >= 15 is 0 Å². The lowest BCUT2D eigenvalue weighted by molar-refractivity contribution is -0.121. The van der Waals surface area contributed by atoms with Gasteiger partial charge in [0.15, 0.2) is 0 Å². The number of amides is 3. The summed E-state index contributed by atoms with van der Waals surface area (Å²) in [6, 6.07) is -0.901. The number of likely N-dealkylation sites (N-methyl/N-ethyl adjacent to an activating group) is 1. The van der Waals surface area contributed by atoms with Crippen LogP contribution in [0.4, 0.5) is 4.79 Å². The molecular weight excluding hydrogens is 220 g/mol. The fourth-order valence-electron chi connectivity index (χ4n) is 0.936. The van der Waals surface area contributed by atoms with Gasteiger partial charge in [-0.15, -0.1) is 0 Å². The quantitative estimate of drug-likeness (QED) is 0.624. The second kappa shape index (κ2) is 6.56. The number of nitrogens with zero attached hydrogens (tertiary/aromatic N) is 1. The molecule has 3 N–H and O–H groups in total. The van der Waals surface area contributed by atoms with E-state index in [1.54, 1.807) is 6.92 Å². The van der Waals surface area contributed by atoms with Gasteiger partial charge >= 0.3 is 6.03 Å². The largest absolute Gasteiger partial charge is 0.341 e. The van der Waals surface area contributed by atoms with E-state index in [1.807, 2.05) is 14.1 Å². The molecule has 0 aliphatic carbocycles.